The summed E-state index contributed by atoms with van der Waals surface area (Å²) in [6.45, 7) is 0. The fraction of sp³-hybridized carbons (Fsp3) is 0.0476. The average Bonchev–Trinajstić information content (AvgIpc) is 2.68. The van der Waals surface area contributed by atoms with Crippen LogP contribution >= 0.6 is 23.4 Å². The van der Waals surface area contributed by atoms with Crippen LogP contribution in [0.15, 0.2) is 74.9 Å². The first-order valence-electron chi connectivity index (χ1n) is 8.38. The van der Waals surface area contributed by atoms with Gasteiger partial charge in [0.1, 0.15) is 11.4 Å². The lowest BCUT2D eigenvalue weighted by Crippen LogP contribution is -2.07. The van der Waals surface area contributed by atoms with Gasteiger partial charge in [-0.3, -0.25) is 0 Å². The number of thioether (sulfide) groups is 1. The topological polar surface area (TPSA) is 68.6 Å². The van der Waals surface area contributed by atoms with E-state index in [-0.39, 0.29) is 10.2 Å². The second-order valence-electron chi connectivity index (χ2n) is 6.09. The Balaban J connectivity index is 1.69. The quantitative estimate of drug-likeness (QED) is 0.205. The number of hydrogen-bond acceptors (Lipinski definition) is 4. The SMILES string of the molecule is NC(=Nc1ccc(F)c(Cl)c1)SCc1cc(=O)oc2ccc3ccccc3c12. The lowest BCUT2D eigenvalue weighted by molar-refractivity contribution is 0.560. The van der Waals surface area contributed by atoms with Gasteiger partial charge in [0.15, 0.2) is 5.17 Å². The Morgan fingerprint density at radius 1 is 1.14 bits per heavy atom. The molecular weight excluding hydrogens is 399 g/mol. The van der Waals surface area contributed by atoms with Crippen molar-refractivity contribution in [3.8, 4) is 0 Å². The molecule has 7 heteroatoms. The van der Waals surface area contributed by atoms with Gasteiger partial charge in [-0.15, -0.1) is 0 Å². The highest BCUT2D eigenvalue weighted by Gasteiger charge is 2.10. The summed E-state index contributed by atoms with van der Waals surface area (Å²) in [5, 5.41) is 3.20. The molecule has 0 aliphatic carbocycles. The maximum Gasteiger partial charge on any atom is 0.336 e. The summed E-state index contributed by atoms with van der Waals surface area (Å²) in [6, 6.07) is 17.2. The standard InChI is InChI=1S/C21H14ClFN2O2S/c22-16-10-14(6-7-17(16)23)25-21(24)28-11-13-9-19(26)27-18-8-5-12-3-1-2-4-15(12)20(13)18/h1-10H,11H2,(H2,24,25). The maximum atomic E-state index is 13.3. The van der Waals surface area contributed by atoms with Gasteiger partial charge in [-0.25, -0.2) is 14.2 Å². The highest BCUT2D eigenvalue weighted by atomic mass is 35.5. The molecule has 0 saturated heterocycles. The molecule has 28 heavy (non-hydrogen) atoms. The van der Waals surface area contributed by atoms with Gasteiger partial charge >= 0.3 is 5.63 Å². The number of nitrogens with two attached hydrogens (primary N) is 1. The minimum Gasteiger partial charge on any atom is -0.423 e. The molecule has 0 atom stereocenters. The molecule has 0 radical (unpaired) electrons. The Morgan fingerprint density at radius 3 is 2.79 bits per heavy atom. The second kappa shape index (κ2) is 7.66. The smallest absolute Gasteiger partial charge is 0.336 e. The summed E-state index contributed by atoms with van der Waals surface area (Å²) in [6.07, 6.45) is 0. The Morgan fingerprint density at radius 2 is 1.96 bits per heavy atom. The molecule has 0 bridgehead atoms. The largest absolute Gasteiger partial charge is 0.423 e. The minimum absolute atomic E-state index is 0.0165. The zero-order valence-corrected chi connectivity index (χ0v) is 16.1. The van der Waals surface area contributed by atoms with Gasteiger partial charge in [-0.05, 0) is 40.6 Å². The van der Waals surface area contributed by atoms with Crippen LogP contribution in [-0.2, 0) is 5.75 Å². The first kappa shape index (κ1) is 18.5. The van der Waals surface area contributed by atoms with E-state index in [0.29, 0.717) is 17.0 Å². The molecule has 140 valence electrons. The van der Waals surface area contributed by atoms with Gasteiger partial charge in [0, 0.05) is 17.2 Å². The third kappa shape index (κ3) is 3.74. The van der Waals surface area contributed by atoms with E-state index in [1.165, 1.54) is 36.0 Å². The van der Waals surface area contributed by atoms with E-state index in [2.05, 4.69) is 4.99 Å². The van der Waals surface area contributed by atoms with Crippen molar-refractivity contribution in [1.29, 1.82) is 0 Å². The van der Waals surface area contributed by atoms with E-state index in [0.717, 1.165) is 21.7 Å². The predicted octanol–water partition coefficient (Wildman–Crippen LogP) is 5.62. The van der Waals surface area contributed by atoms with Gasteiger partial charge in [0.25, 0.3) is 0 Å². The highest BCUT2D eigenvalue weighted by molar-refractivity contribution is 8.13. The van der Waals surface area contributed by atoms with E-state index in [4.69, 9.17) is 21.8 Å². The van der Waals surface area contributed by atoms with E-state index < -0.39 is 11.4 Å². The fourth-order valence-corrected chi connectivity index (χ4v) is 3.88. The normalized spacial score (nSPS) is 12.0. The van der Waals surface area contributed by atoms with E-state index in [1.54, 1.807) is 6.07 Å². The molecule has 0 aliphatic rings. The van der Waals surface area contributed by atoms with Gasteiger partial charge in [-0.2, -0.15) is 0 Å². The molecule has 1 heterocycles. The van der Waals surface area contributed by atoms with E-state index in [9.17, 15) is 9.18 Å². The van der Waals surface area contributed by atoms with Crippen LogP contribution in [0.3, 0.4) is 0 Å². The number of hydrogen-bond donors (Lipinski definition) is 1. The van der Waals surface area contributed by atoms with Crippen molar-refractivity contribution in [3.63, 3.8) is 0 Å². The summed E-state index contributed by atoms with van der Waals surface area (Å²) in [5.74, 6) is -0.0819. The molecule has 3 aromatic carbocycles. The van der Waals surface area contributed by atoms with Crippen LogP contribution in [0.5, 0.6) is 0 Å². The Labute approximate surface area is 168 Å². The monoisotopic (exact) mass is 412 g/mol. The van der Waals surface area contributed by atoms with Crippen molar-refractivity contribution in [2.24, 2.45) is 10.7 Å². The highest BCUT2D eigenvalue weighted by Crippen LogP contribution is 2.30. The molecule has 0 amide bonds. The molecule has 1 aromatic heterocycles. The van der Waals surface area contributed by atoms with Crippen LogP contribution in [0, 0.1) is 5.82 Å². The summed E-state index contributed by atoms with van der Waals surface area (Å²) in [7, 11) is 0. The molecule has 2 N–H and O–H groups in total. The number of nitrogens with zero attached hydrogens (tertiary/aromatic N) is 1. The lowest BCUT2D eigenvalue weighted by Gasteiger charge is -2.08. The van der Waals surface area contributed by atoms with Gasteiger partial charge in [-0.1, -0.05) is 53.7 Å². The molecule has 0 spiro atoms. The number of rotatable bonds is 3. The van der Waals surface area contributed by atoms with Crippen LogP contribution in [0.4, 0.5) is 10.1 Å². The van der Waals surface area contributed by atoms with Crippen molar-refractivity contribution in [1.82, 2.24) is 0 Å². The van der Waals surface area contributed by atoms with Gasteiger partial charge in [0.2, 0.25) is 0 Å². The summed E-state index contributed by atoms with van der Waals surface area (Å²) < 4.78 is 18.6. The van der Waals surface area contributed by atoms with Crippen LogP contribution < -0.4 is 11.4 Å². The predicted molar refractivity (Wildman–Crippen MR) is 114 cm³/mol. The number of fused-ring (bicyclic) bond motifs is 3. The Hall–Kier alpha value is -2.83. The third-order valence-electron chi connectivity index (χ3n) is 4.23. The van der Waals surface area contributed by atoms with Crippen LogP contribution in [-0.4, -0.2) is 5.17 Å². The summed E-state index contributed by atoms with van der Waals surface area (Å²) in [5.41, 5.74) is 7.39. The molecule has 4 nitrogen and oxygen atoms in total. The molecule has 0 aliphatic heterocycles. The molecule has 4 rings (SSSR count). The maximum absolute atomic E-state index is 13.3. The molecule has 0 saturated carbocycles. The van der Waals surface area contributed by atoms with Gasteiger partial charge in [0.05, 0.1) is 10.7 Å². The first-order valence-corrected chi connectivity index (χ1v) is 9.74. The van der Waals surface area contributed by atoms with Crippen LogP contribution in [0.25, 0.3) is 21.7 Å². The lowest BCUT2D eigenvalue weighted by atomic mass is 10.0. The Bertz CT molecular complexity index is 1290. The Kier molecular flexibility index (Phi) is 5.07. The number of aliphatic imine (C=N–C) groups is 1. The zero-order chi connectivity index (χ0) is 19.7. The van der Waals surface area contributed by atoms with Crippen molar-refractivity contribution >= 4 is 56.0 Å². The average molecular weight is 413 g/mol. The number of amidine groups is 1. The fourth-order valence-electron chi connectivity index (χ4n) is 3.00. The van der Waals surface area contributed by atoms with Crippen molar-refractivity contribution in [2.75, 3.05) is 0 Å². The molecular formula is C21H14ClFN2O2S. The van der Waals surface area contributed by atoms with E-state index >= 15 is 0 Å². The zero-order valence-electron chi connectivity index (χ0n) is 14.5. The van der Waals surface area contributed by atoms with Crippen molar-refractivity contribution < 1.29 is 8.81 Å². The number of benzene rings is 3. The molecule has 0 unspecified atom stereocenters. The van der Waals surface area contributed by atoms with Crippen LogP contribution in [0.2, 0.25) is 5.02 Å². The third-order valence-corrected chi connectivity index (χ3v) is 5.36. The van der Waals surface area contributed by atoms with Crippen molar-refractivity contribution in [3.05, 3.63) is 87.5 Å². The number of halogens is 2. The second-order valence-corrected chi connectivity index (χ2v) is 7.49. The van der Waals surface area contributed by atoms with Crippen LogP contribution in [0.1, 0.15) is 5.56 Å². The van der Waals surface area contributed by atoms with E-state index in [1.807, 2.05) is 30.3 Å². The first-order chi connectivity index (χ1) is 13.5. The van der Waals surface area contributed by atoms with Crippen molar-refractivity contribution in [2.45, 2.75) is 5.75 Å². The summed E-state index contributed by atoms with van der Waals surface area (Å²) >= 11 is 7.05. The minimum atomic E-state index is -0.513. The molecule has 4 aromatic rings. The molecule has 0 fully saturated rings. The van der Waals surface area contributed by atoms with Gasteiger partial charge < -0.3 is 10.2 Å². The summed E-state index contributed by atoms with van der Waals surface area (Å²) in [4.78, 5) is 16.2.